The summed E-state index contributed by atoms with van der Waals surface area (Å²) in [4.78, 5) is 23.6. The van der Waals surface area contributed by atoms with E-state index in [1.165, 1.54) is 17.3 Å². The highest BCUT2D eigenvalue weighted by atomic mass is 32.2. The molecule has 5 nitrogen and oxygen atoms in total. The average Bonchev–Trinajstić information content (AvgIpc) is 3.05. The largest absolute Gasteiger partial charge is 0.368 e. The fraction of sp³-hybridized carbons (Fsp3) is 0.467. The predicted molar refractivity (Wildman–Crippen MR) is 82.5 cm³/mol. The first-order chi connectivity index (χ1) is 10.2. The van der Waals surface area contributed by atoms with Crippen LogP contribution in [0.5, 0.6) is 0 Å². The van der Waals surface area contributed by atoms with E-state index in [0.717, 1.165) is 12.2 Å². The summed E-state index contributed by atoms with van der Waals surface area (Å²) in [5, 5.41) is -0.241. The van der Waals surface area contributed by atoms with E-state index < -0.39 is 6.10 Å². The summed E-state index contributed by atoms with van der Waals surface area (Å²) in [5.41, 5.74) is 6.05. The summed E-state index contributed by atoms with van der Waals surface area (Å²) in [5.74, 6) is 0.276. The summed E-state index contributed by atoms with van der Waals surface area (Å²) < 4.78 is 5.24. The van der Waals surface area contributed by atoms with Crippen LogP contribution >= 0.6 is 11.8 Å². The van der Waals surface area contributed by atoms with Crippen LogP contribution in [0.25, 0.3) is 0 Å². The smallest absolute Gasteiger partial charge is 0.267 e. The molecule has 0 radical (unpaired) electrons. The van der Waals surface area contributed by atoms with E-state index in [4.69, 9.17) is 4.74 Å². The lowest BCUT2D eigenvalue weighted by Crippen LogP contribution is -2.48. The van der Waals surface area contributed by atoms with Crippen molar-refractivity contribution in [2.24, 2.45) is 0 Å². The first-order valence-corrected chi connectivity index (χ1v) is 8.08. The molecule has 1 heterocycles. The molecule has 1 aromatic rings. The molecular formula is C15H20N2O3S. The Kier molecular flexibility index (Phi) is 6.07. The monoisotopic (exact) mass is 308 g/mol. The van der Waals surface area contributed by atoms with Crippen LogP contribution in [0.4, 0.5) is 0 Å². The van der Waals surface area contributed by atoms with Gasteiger partial charge in [-0.05, 0) is 25.3 Å². The highest BCUT2D eigenvalue weighted by molar-refractivity contribution is 7.99. The molecular weight excluding hydrogens is 288 g/mol. The normalized spacial score (nSPS) is 19.0. The molecule has 1 aromatic carbocycles. The summed E-state index contributed by atoms with van der Waals surface area (Å²) in [7, 11) is 0. The van der Waals surface area contributed by atoms with E-state index in [1.807, 2.05) is 37.3 Å². The Morgan fingerprint density at radius 2 is 2.10 bits per heavy atom. The number of hydrazine groups is 1. The molecule has 114 valence electrons. The topological polar surface area (TPSA) is 67.4 Å². The zero-order valence-corrected chi connectivity index (χ0v) is 12.8. The molecule has 1 fully saturated rings. The maximum atomic E-state index is 11.9. The third-order valence-corrected chi connectivity index (χ3v) is 4.46. The van der Waals surface area contributed by atoms with Crippen molar-refractivity contribution in [3.05, 3.63) is 35.9 Å². The molecule has 2 rings (SSSR count). The van der Waals surface area contributed by atoms with Crippen LogP contribution < -0.4 is 10.9 Å². The van der Waals surface area contributed by atoms with E-state index in [2.05, 4.69) is 10.9 Å². The van der Waals surface area contributed by atoms with Crippen molar-refractivity contribution >= 4 is 23.6 Å². The molecule has 2 amide bonds. The quantitative estimate of drug-likeness (QED) is 0.812. The Morgan fingerprint density at radius 3 is 2.76 bits per heavy atom. The van der Waals surface area contributed by atoms with Gasteiger partial charge in [0, 0.05) is 12.4 Å². The van der Waals surface area contributed by atoms with Gasteiger partial charge in [-0.2, -0.15) is 0 Å². The zero-order valence-electron chi connectivity index (χ0n) is 12.0. The van der Waals surface area contributed by atoms with Crippen molar-refractivity contribution in [2.75, 3.05) is 6.61 Å². The van der Waals surface area contributed by atoms with Crippen LogP contribution in [0.15, 0.2) is 30.3 Å². The molecule has 6 heteroatoms. The lowest BCUT2D eigenvalue weighted by molar-refractivity contribution is -0.134. The maximum Gasteiger partial charge on any atom is 0.267 e. The van der Waals surface area contributed by atoms with Crippen molar-refractivity contribution in [2.45, 2.75) is 36.9 Å². The second-order valence-corrected chi connectivity index (χ2v) is 6.25. The first kappa shape index (κ1) is 15.9. The molecule has 2 N–H and O–H groups in total. The fourth-order valence-corrected chi connectivity index (χ4v) is 2.81. The van der Waals surface area contributed by atoms with E-state index in [0.29, 0.717) is 13.0 Å². The van der Waals surface area contributed by atoms with Gasteiger partial charge in [-0.3, -0.25) is 20.4 Å². The number of hydrogen-bond acceptors (Lipinski definition) is 4. The number of thioether (sulfide) groups is 1. The van der Waals surface area contributed by atoms with Crippen LogP contribution in [0.1, 0.15) is 25.3 Å². The van der Waals surface area contributed by atoms with Crippen LogP contribution in [-0.4, -0.2) is 29.8 Å². The van der Waals surface area contributed by atoms with Gasteiger partial charge in [0.25, 0.3) is 11.8 Å². The third kappa shape index (κ3) is 5.06. The van der Waals surface area contributed by atoms with Gasteiger partial charge in [0.05, 0.1) is 5.25 Å². The zero-order chi connectivity index (χ0) is 15.1. The lowest BCUT2D eigenvalue weighted by atomic mass is 10.2. The maximum absolute atomic E-state index is 11.9. The van der Waals surface area contributed by atoms with Crippen molar-refractivity contribution in [1.82, 2.24) is 10.9 Å². The number of hydrogen-bond donors (Lipinski definition) is 2. The van der Waals surface area contributed by atoms with E-state index in [-0.39, 0.29) is 17.1 Å². The summed E-state index contributed by atoms with van der Waals surface area (Å²) in [6.45, 7) is 2.43. The van der Waals surface area contributed by atoms with E-state index in [9.17, 15) is 9.59 Å². The summed E-state index contributed by atoms with van der Waals surface area (Å²) >= 11 is 1.53. The molecule has 0 saturated carbocycles. The predicted octanol–water partition coefficient (Wildman–Crippen LogP) is 1.63. The number of nitrogens with one attached hydrogen (secondary N) is 2. The molecule has 21 heavy (non-hydrogen) atoms. The number of benzene rings is 1. The Hall–Kier alpha value is -1.53. The number of amides is 2. The van der Waals surface area contributed by atoms with Crippen LogP contribution in [0, 0.1) is 0 Å². The Labute approximate surface area is 128 Å². The van der Waals surface area contributed by atoms with Gasteiger partial charge in [0.1, 0.15) is 6.10 Å². The van der Waals surface area contributed by atoms with Gasteiger partial charge in [0.15, 0.2) is 0 Å². The third-order valence-electron chi connectivity index (χ3n) is 3.24. The van der Waals surface area contributed by atoms with Gasteiger partial charge in [0.2, 0.25) is 0 Å². The molecule has 0 bridgehead atoms. The second-order valence-electron chi connectivity index (χ2n) is 4.92. The fourth-order valence-electron chi connectivity index (χ4n) is 1.96. The molecule has 0 aliphatic carbocycles. The number of carbonyl (C=O) groups excluding carboxylic acids is 2. The molecule has 2 unspecified atom stereocenters. The van der Waals surface area contributed by atoms with Crippen LogP contribution in [0.3, 0.4) is 0 Å². The number of rotatable bonds is 5. The van der Waals surface area contributed by atoms with Gasteiger partial charge >= 0.3 is 0 Å². The van der Waals surface area contributed by atoms with Gasteiger partial charge in [-0.15, -0.1) is 11.8 Å². The molecule has 1 aliphatic heterocycles. The van der Waals surface area contributed by atoms with Gasteiger partial charge < -0.3 is 4.74 Å². The number of carbonyl (C=O) groups is 2. The van der Waals surface area contributed by atoms with Crippen LogP contribution in [0.2, 0.25) is 0 Å². The Balaban J connectivity index is 1.68. The van der Waals surface area contributed by atoms with Gasteiger partial charge in [-0.1, -0.05) is 30.3 Å². The minimum Gasteiger partial charge on any atom is -0.368 e. The van der Waals surface area contributed by atoms with Gasteiger partial charge in [-0.25, -0.2) is 0 Å². The number of ether oxygens (including phenoxy) is 1. The SMILES string of the molecule is CC(SCc1ccccc1)C(=O)NNC(=O)C1CCCO1. The van der Waals surface area contributed by atoms with Crippen molar-refractivity contribution in [3.8, 4) is 0 Å². The van der Waals surface area contributed by atoms with Crippen molar-refractivity contribution in [3.63, 3.8) is 0 Å². The summed E-state index contributed by atoms with van der Waals surface area (Å²) in [6, 6.07) is 9.96. The highest BCUT2D eigenvalue weighted by Crippen LogP contribution is 2.17. The molecule has 1 saturated heterocycles. The molecule has 0 aromatic heterocycles. The second kappa shape index (κ2) is 8.05. The first-order valence-electron chi connectivity index (χ1n) is 7.03. The average molecular weight is 308 g/mol. The highest BCUT2D eigenvalue weighted by Gasteiger charge is 2.24. The minimum atomic E-state index is -0.433. The molecule has 2 atom stereocenters. The van der Waals surface area contributed by atoms with E-state index >= 15 is 0 Å². The summed E-state index contributed by atoms with van der Waals surface area (Å²) in [6.07, 6.45) is 1.16. The van der Waals surface area contributed by atoms with Crippen molar-refractivity contribution in [1.29, 1.82) is 0 Å². The molecule has 0 spiro atoms. The Bertz CT molecular complexity index is 475. The Morgan fingerprint density at radius 1 is 1.33 bits per heavy atom. The van der Waals surface area contributed by atoms with E-state index in [1.54, 1.807) is 0 Å². The van der Waals surface area contributed by atoms with Crippen LogP contribution in [-0.2, 0) is 20.1 Å². The minimum absolute atomic E-state index is 0.206. The molecule has 1 aliphatic rings. The van der Waals surface area contributed by atoms with Crippen molar-refractivity contribution < 1.29 is 14.3 Å². The lowest BCUT2D eigenvalue weighted by Gasteiger charge is -2.14. The standard InChI is InChI=1S/C15H20N2O3S/c1-11(21-10-12-6-3-2-4-7-12)14(18)16-17-15(19)13-8-5-9-20-13/h2-4,6-7,11,13H,5,8-10H2,1H3,(H,16,18)(H,17,19).